The van der Waals surface area contributed by atoms with Gasteiger partial charge in [-0.2, -0.15) is 0 Å². The largest absolute Gasteiger partial charge is 0.386 e. The van der Waals surface area contributed by atoms with Crippen LogP contribution < -0.4 is 0 Å². The van der Waals surface area contributed by atoms with Crippen LogP contribution in [0.1, 0.15) is 37.0 Å². The summed E-state index contributed by atoms with van der Waals surface area (Å²) in [6.45, 7) is 4.08. The molecule has 3 atom stereocenters. The van der Waals surface area contributed by atoms with E-state index in [-0.39, 0.29) is 12.2 Å². The molecule has 0 saturated carbocycles. The topological polar surface area (TPSA) is 29.5 Å². The van der Waals surface area contributed by atoms with Gasteiger partial charge in [0.2, 0.25) is 0 Å². The summed E-state index contributed by atoms with van der Waals surface area (Å²) in [6, 6.07) is 3.98. The first kappa shape index (κ1) is 13.5. The third-order valence-electron chi connectivity index (χ3n) is 3.21. The standard InChI is InChI=1S/C13H16Br2O2/c1-7-5-11(15)9(6-10(7)14)13(16)12-4-3-8(2)17-12/h5-6,8,12-13,16H,3-4H2,1-2H3. The highest BCUT2D eigenvalue weighted by Gasteiger charge is 2.30. The third-order valence-corrected chi connectivity index (χ3v) is 4.75. The van der Waals surface area contributed by atoms with Crippen molar-refractivity contribution >= 4 is 31.9 Å². The first-order valence-electron chi connectivity index (χ1n) is 5.78. The molecule has 0 radical (unpaired) electrons. The number of ether oxygens (including phenoxy) is 1. The first-order chi connectivity index (χ1) is 7.99. The van der Waals surface area contributed by atoms with Crippen LogP contribution >= 0.6 is 31.9 Å². The van der Waals surface area contributed by atoms with E-state index in [1.807, 2.05) is 26.0 Å². The summed E-state index contributed by atoms with van der Waals surface area (Å²) < 4.78 is 7.67. The molecule has 0 amide bonds. The second kappa shape index (κ2) is 5.39. The lowest BCUT2D eigenvalue weighted by molar-refractivity contribution is -0.0300. The van der Waals surface area contributed by atoms with Gasteiger partial charge >= 0.3 is 0 Å². The smallest absolute Gasteiger partial charge is 0.106 e. The van der Waals surface area contributed by atoms with Gasteiger partial charge in [-0.3, -0.25) is 0 Å². The Labute approximate surface area is 119 Å². The summed E-state index contributed by atoms with van der Waals surface area (Å²) in [7, 11) is 0. The van der Waals surface area contributed by atoms with Crippen molar-refractivity contribution in [2.75, 3.05) is 0 Å². The minimum Gasteiger partial charge on any atom is -0.386 e. The van der Waals surface area contributed by atoms with Gasteiger partial charge in [0.05, 0.1) is 12.2 Å². The SMILES string of the molecule is Cc1cc(Br)c(C(O)C2CCC(C)O2)cc1Br. The highest BCUT2D eigenvalue weighted by atomic mass is 79.9. The van der Waals surface area contributed by atoms with Crippen molar-refractivity contribution in [3.8, 4) is 0 Å². The molecule has 2 rings (SSSR count). The van der Waals surface area contributed by atoms with Crippen LogP contribution in [0.25, 0.3) is 0 Å². The number of halogens is 2. The first-order valence-corrected chi connectivity index (χ1v) is 7.36. The number of rotatable bonds is 2. The van der Waals surface area contributed by atoms with Crippen LogP contribution in [0, 0.1) is 6.92 Å². The fourth-order valence-corrected chi connectivity index (χ4v) is 3.21. The van der Waals surface area contributed by atoms with Gasteiger partial charge in [0.1, 0.15) is 6.10 Å². The van der Waals surface area contributed by atoms with E-state index in [4.69, 9.17) is 4.74 Å². The molecule has 1 aliphatic rings. The predicted molar refractivity (Wildman–Crippen MR) is 75.1 cm³/mol. The number of aryl methyl sites for hydroxylation is 1. The van der Waals surface area contributed by atoms with Gasteiger partial charge in [-0.1, -0.05) is 31.9 Å². The zero-order chi connectivity index (χ0) is 12.6. The Balaban J connectivity index is 2.24. The molecule has 94 valence electrons. The molecule has 1 N–H and O–H groups in total. The Bertz CT molecular complexity index is 420. The average Bonchev–Trinajstić information content (AvgIpc) is 2.69. The molecule has 1 aromatic carbocycles. The number of hydrogen-bond acceptors (Lipinski definition) is 2. The number of hydrogen-bond donors (Lipinski definition) is 1. The van der Waals surface area contributed by atoms with Gasteiger partial charge in [0.15, 0.2) is 0 Å². The van der Waals surface area contributed by atoms with Crippen LogP contribution in [0.2, 0.25) is 0 Å². The quantitative estimate of drug-likeness (QED) is 0.856. The second-order valence-corrected chi connectivity index (χ2v) is 6.34. The normalized spacial score (nSPS) is 26.2. The number of aliphatic hydroxyl groups excluding tert-OH is 1. The maximum atomic E-state index is 10.4. The van der Waals surface area contributed by atoms with Gasteiger partial charge in [-0.05, 0) is 49.9 Å². The Kier molecular flexibility index (Phi) is 4.29. The highest BCUT2D eigenvalue weighted by Crippen LogP contribution is 2.35. The van der Waals surface area contributed by atoms with Crippen LogP contribution in [0.15, 0.2) is 21.1 Å². The van der Waals surface area contributed by atoms with Crippen molar-refractivity contribution in [2.24, 2.45) is 0 Å². The summed E-state index contributed by atoms with van der Waals surface area (Å²) in [6.07, 6.45) is 1.54. The lowest BCUT2D eigenvalue weighted by Crippen LogP contribution is -2.19. The molecule has 3 unspecified atom stereocenters. The van der Waals surface area contributed by atoms with Gasteiger partial charge < -0.3 is 9.84 Å². The van der Waals surface area contributed by atoms with Crippen molar-refractivity contribution in [3.63, 3.8) is 0 Å². The molecule has 17 heavy (non-hydrogen) atoms. The maximum absolute atomic E-state index is 10.4. The van der Waals surface area contributed by atoms with Gasteiger partial charge in [0, 0.05) is 8.95 Å². The molecule has 0 aromatic heterocycles. The van der Waals surface area contributed by atoms with Crippen molar-refractivity contribution < 1.29 is 9.84 Å². The predicted octanol–water partition coefficient (Wildman–Crippen LogP) is 4.12. The molecule has 1 heterocycles. The highest BCUT2D eigenvalue weighted by molar-refractivity contribution is 9.11. The van der Waals surface area contributed by atoms with Gasteiger partial charge in [0.25, 0.3) is 0 Å². The Morgan fingerprint density at radius 1 is 1.29 bits per heavy atom. The van der Waals surface area contributed by atoms with Crippen LogP contribution in [-0.4, -0.2) is 17.3 Å². The average molecular weight is 364 g/mol. The van der Waals surface area contributed by atoms with Gasteiger partial charge in [-0.15, -0.1) is 0 Å². The lowest BCUT2D eigenvalue weighted by Gasteiger charge is -2.20. The van der Waals surface area contributed by atoms with E-state index in [1.165, 1.54) is 0 Å². The summed E-state index contributed by atoms with van der Waals surface area (Å²) in [5, 5.41) is 10.4. The van der Waals surface area contributed by atoms with Crippen LogP contribution in [0.3, 0.4) is 0 Å². The van der Waals surface area contributed by atoms with Crippen molar-refractivity contribution in [3.05, 3.63) is 32.2 Å². The van der Waals surface area contributed by atoms with E-state index < -0.39 is 6.10 Å². The van der Waals surface area contributed by atoms with Crippen molar-refractivity contribution in [1.82, 2.24) is 0 Å². The van der Waals surface area contributed by atoms with E-state index in [0.29, 0.717) is 0 Å². The molecule has 1 aromatic rings. The Hall–Kier alpha value is 0.1000. The second-order valence-electron chi connectivity index (χ2n) is 4.63. The number of benzene rings is 1. The van der Waals surface area contributed by atoms with Crippen LogP contribution in [-0.2, 0) is 4.74 Å². The van der Waals surface area contributed by atoms with E-state index in [9.17, 15) is 5.11 Å². The Morgan fingerprint density at radius 2 is 2.00 bits per heavy atom. The fourth-order valence-electron chi connectivity index (χ4n) is 2.15. The molecule has 0 bridgehead atoms. The molecule has 1 aliphatic heterocycles. The molecule has 1 saturated heterocycles. The number of aliphatic hydroxyl groups is 1. The molecular formula is C13H16Br2O2. The van der Waals surface area contributed by atoms with Crippen molar-refractivity contribution in [1.29, 1.82) is 0 Å². The van der Waals surface area contributed by atoms with Crippen LogP contribution in [0.4, 0.5) is 0 Å². The summed E-state index contributed by atoms with van der Waals surface area (Å²) in [5.74, 6) is 0. The molecule has 4 heteroatoms. The minimum atomic E-state index is -0.564. The van der Waals surface area contributed by atoms with E-state index in [2.05, 4.69) is 31.9 Å². The zero-order valence-corrected chi connectivity index (χ0v) is 13.1. The lowest BCUT2D eigenvalue weighted by atomic mass is 10.0. The molecule has 0 spiro atoms. The summed E-state index contributed by atoms with van der Waals surface area (Å²) >= 11 is 7.00. The molecule has 1 fully saturated rings. The summed E-state index contributed by atoms with van der Waals surface area (Å²) in [4.78, 5) is 0. The summed E-state index contributed by atoms with van der Waals surface area (Å²) in [5.41, 5.74) is 2.04. The van der Waals surface area contributed by atoms with Gasteiger partial charge in [-0.25, -0.2) is 0 Å². The zero-order valence-electron chi connectivity index (χ0n) is 9.91. The van der Waals surface area contributed by atoms with E-state index in [1.54, 1.807) is 0 Å². The fraction of sp³-hybridized carbons (Fsp3) is 0.538. The Morgan fingerprint density at radius 3 is 2.59 bits per heavy atom. The van der Waals surface area contributed by atoms with Crippen molar-refractivity contribution in [2.45, 2.75) is 45.0 Å². The molecule has 0 aliphatic carbocycles. The van der Waals surface area contributed by atoms with Crippen LogP contribution in [0.5, 0.6) is 0 Å². The maximum Gasteiger partial charge on any atom is 0.106 e. The monoisotopic (exact) mass is 362 g/mol. The van der Waals surface area contributed by atoms with E-state index >= 15 is 0 Å². The van der Waals surface area contributed by atoms with E-state index in [0.717, 1.165) is 32.9 Å². The molecule has 2 nitrogen and oxygen atoms in total. The molecular weight excluding hydrogens is 348 g/mol. The minimum absolute atomic E-state index is 0.0871. The third kappa shape index (κ3) is 2.92.